The minimum atomic E-state index is -0.582. The molecule has 3 rings (SSSR count). The maximum absolute atomic E-state index is 11.6. The first kappa shape index (κ1) is 19.0. The van der Waals surface area contributed by atoms with E-state index in [2.05, 4.69) is 50.4 Å². The van der Waals surface area contributed by atoms with Crippen LogP contribution in [-0.2, 0) is 0 Å². The van der Waals surface area contributed by atoms with E-state index in [1.807, 2.05) is 30.3 Å². The summed E-state index contributed by atoms with van der Waals surface area (Å²) in [5, 5.41) is 3.85. The molecule has 2 atom stereocenters. The third-order valence-corrected chi connectivity index (χ3v) is 5.15. The van der Waals surface area contributed by atoms with Gasteiger partial charge in [-0.25, -0.2) is 4.98 Å². The molecule has 0 amide bonds. The van der Waals surface area contributed by atoms with Crippen molar-refractivity contribution in [2.75, 3.05) is 0 Å². The highest BCUT2D eigenvalue weighted by Gasteiger charge is 2.23. The molecular weight excluding hydrogens is 435 g/mol. The Balaban J connectivity index is 1.98. The van der Waals surface area contributed by atoms with Crippen LogP contribution in [0.3, 0.4) is 0 Å². The Morgan fingerprint density at radius 2 is 1.46 bits per heavy atom. The molecule has 26 heavy (non-hydrogen) atoms. The molecule has 6 heteroatoms. The summed E-state index contributed by atoms with van der Waals surface area (Å²) in [5.41, 5.74) is 2.90. The summed E-state index contributed by atoms with van der Waals surface area (Å²) < 4.78 is 1.01. The number of halogens is 3. The zero-order valence-electron chi connectivity index (χ0n) is 13.6. The van der Waals surface area contributed by atoms with Crippen molar-refractivity contribution >= 4 is 39.1 Å². The van der Waals surface area contributed by atoms with E-state index in [4.69, 9.17) is 23.2 Å². The third kappa shape index (κ3) is 4.70. The van der Waals surface area contributed by atoms with Crippen molar-refractivity contribution in [2.24, 2.45) is 5.18 Å². The minimum Gasteiger partial charge on any atom is -0.224 e. The number of aromatic nitrogens is 1. The summed E-state index contributed by atoms with van der Waals surface area (Å²) >= 11 is 15.5. The van der Waals surface area contributed by atoms with Crippen molar-refractivity contribution in [3.63, 3.8) is 0 Å². The van der Waals surface area contributed by atoms with Crippen molar-refractivity contribution in [3.8, 4) is 0 Å². The van der Waals surface area contributed by atoms with E-state index in [0.717, 1.165) is 15.6 Å². The Morgan fingerprint density at radius 1 is 0.885 bits per heavy atom. The molecule has 3 aromatic rings. The van der Waals surface area contributed by atoms with Crippen molar-refractivity contribution in [1.29, 1.82) is 0 Å². The molecule has 0 aliphatic carbocycles. The highest BCUT2D eigenvalue weighted by atomic mass is 79.9. The number of hydrogen-bond acceptors (Lipinski definition) is 3. The predicted octanol–water partition coefficient (Wildman–Crippen LogP) is 7.18. The van der Waals surface area contributed by atoms with E-state index < -0.39 is 6.04 Å². The standard InChI is InChI=1S/C20H15BrCl2N2O/c21-16-8-6-14(7-9-16)17(13-4-2-1-3-5-13)12-18(25-26)15-10-19(22)24-20(23)11-15/h1-11,17-18H,12H2. The fraction of sp³-hybridized carbons (Fsp3) is 0.150. The molecule has 0 bridgehead atoms. The summed E-state index contributed by atoms with van der Waals surface area (Å²) in [7, 11) is 0. The molecule has 1 aromatic heterocycles. The number of pyridine rings is 1. The zero-order chi connectivity index (χ0) is 18.5. The minimum absolute atomic E-state index is 0.0118. The van der Waals surface area contributed by atoms with E-state index in [-0.39, 0.29) is 16.2 Å². The van der Waals surface area contributed by atoms with Gasteiger partial charge in [-0.15, -0.1) is 0 Å². The molecule has 0 saturated heterocycles. The number of nitroso groups, excluding NO2 is 1. The van der Waals surface area contributed by atoms with Crippen molar-refractivity contribution < 1.29 is 0 Å². The van der Waals surface area contributed by atoms with Gasteiger partial charge in [0.25, 0.3) is 0 Å². The van der Waals surface area contributed by atoms with E-state index in [1.165, 1.54) is 0 Å². The number of hydrogen-bond donors (Lipinski definition) is 0. The largest absolute Gasteiger partial charge is 0.224 e. The van der Waals surface area contributed by atoms with Gasteiger partial charge in [-0.2, -0.15) is 4.91 Å². The van der Waals surface area contributed by atoms with Crippen LogP contribution in [0.2, 0.25) is 10.3 Å². The normalized spacial score (nSPS) is 13.2. The lowest BCUT2D eigenvalue weighted by Gasteiger charge is -2.21. The van der Waals surface area contributed by atoms with Gasteiger partial charge < -0.3 is 0 Å². The molecule has 2 unspecified atom stereocenters. The molecule has 0 radical (unpaired) electrons. The summed E-state index contributed by atoms with van der Waals surface area (Å²) in [6, 6.07) is 20.9. The maximum atomic E-state index is 11.6. The summed E-state index contributed by atoms with van der Waals surface area (Å²) in [6.45, 7) is 0. The average molecular weight is 450 g/mol. The molecule has 3 nitrogen and oxygen atoms in total. The second kappa shape index (κ2) is 8.76. The Labute approximate surface area is 170 Å². The third-order valence-electron chi connectivity index (χ3n) is 4.23. The van der Waals surface area contributed by atoms with Crippen LogP contribution < -0.4 is 0 Å². The second-order valence-electron chi connectivity index (χ2n) is 5.92. The van der Waals surface area contributed by atoms with E-state index in [1.54, 1.807) is 12.1 Å². The van der Waals surface area contributed by atoms with Gasteiger partial charge in [0.05, 0.1) is 0 Å². The molecule has 0 saturated carbocycles. The van der Waals surface area contributed by atoms with Crippen LogP contribution in [0, 0.1) is 4.91 Å². The van der Waals surface area contributed by atoms with Crippen LogP contribution in [0.4, 0.5) is 0 Å². The zero-order valence-corrected chi connectivity index (χ0v) is 16.7. The van der Waals surface area contributed by atoms with Crippen LogP contribution in [0.25, 0.3) is 0 Å². The van der Waals surface area contributed by atoms with Gasteiger partial charge in [0.1, 0.15) is 16.3 Å². The van der Waals surface area contributed by atoms with Crippen LogP contribution in [0.5, 0.6) is 0 Å². The second-order valence-corrected chi connectivity index (χ2v) is 7.61. The lowest BCUT2D eigenvalue weighted by molar-refractivity contribution is 0.594. The first-order valence-electron chi connectivity index (χ1n) is 8.02. The van der Waals surface area contributed by atoms with E-state index >= 15 is 0 Å². The number of benzene rings is 2. The smallest absolute Gasteiger partial charge is 0.131 e. The lowest BCUT2D eigenvalue weighted by Crippen LogP contribution is -2.07. The molecular formula is C20H15BrCl2N2O. The summed E-state index contributed by atoms with van der Waals surface area (Å²) in [6.07, 6.45) is 0.506. The average Bonchev–Trinajstić information content (AvgIpc) is 2.63. The van der Waals surface area contributed by atoms with Gasteiger partial charge in [0.15, 0.2) is 0 Å². The molecule has 0 aliphatic heterocycles. The Morgan fingerprint density at radius 3 is 2.04 bits per heavy atom. The first-order valence-corrected chi connectivity index (χ1v) is 9.57. The van der Waals surface area contributed by atoms with Crippen molar-refractivity contribution in [3.05, 3.63) is 103 Å². The van der Waals surface area contributed by atoms with Crippen molar-refractivity contribution in [2.45, 2.75) is 18.4 Å². The molecule has 2 aromatic carbocycles. The molecule has 1 heterocycles. The van der Waals surface area contributed by atoms with Crippen molar-refractivity contribution in [1.82, 2.24) is 4.98 Å². The van der Waals surface area contributed by atoms with E-state index in [0.29, 0.717) is 12.0 Å². The number of nitrogens with zero attached hydrogens (tertiary/aromatic N) is 2. The Hall–Kier alpha value is -1.75. The van der Waals surface area contributed by atoms with Gasteiger partial charge >= 0.3 is 0 Å². The predicted molar refractivity (Wildman–Crippen MR) is 110 cm³/mol. The fourth-order valence-corrected chi connectivity index (χ4v) is 3.73. The Kier molecular flexibility index (Phi) is 6.41. The molecule has 0 N–H and O–H groups in total. The van der Waals surface area contributed by atoms with E-state index in [9.17, 15) is 4.91 Å². The SMILES string of the molecule is O=NC(CC(c1ccccc1)c1ccc(Br)cc1)c1cc(Cl)nc(Cl)c1. The summed E-state index contributed by atoms with van der Waals surface area (Å²) in [4.78, 5) is 15.6. The summed E-state index contributed by atoms with van der Waals surface area (Å²) in [5.74, 6) is 0.0118. The quantitative estimate of drug-likeness (QED) is 0.295. The topological polar surface area (TPSA) is 42.3 Å². The molecule has 132 valence electrons. The lowest BCUT2D eigenvalue weighted by atomic mass is 9.84. The highest BCUT2D eigenvalue weighted by molar-refractivity contribution is 9.10. The van der Waals surface area contributed by atoms with Crippen LogP contribution in [0.15, 0.2) is 76.4 Å². The van der Waals surface area contributed by atoms with Gasteiger partial charge in [0, 0.05) is 10.4 Å². The van der Waals surface area contributed by atoms with Gasteiger partial charge in [-0.05, 0) is 47.4 Å². The fourth-order valence-electron chi connectivity index (χ4n) is 2.98. The van der Waals surface area contributed by atoms with Crippen LogP contribution in [-0.4, -0.2) is 4.98 Å². The first-order chi connectivity index (χ1) is 12.6. The molecule has 0 fully saturated rings. The maximum Gasteiger partial charge on any atom is 0.131 e. The highest BCUT2D eigenvalue weighted by Crippen LogP contribution is 2.37. The van der Waals surface area contributed by atoms with Crippen LogP contribution >= 0.6 is 39.1 Å². The number of rotatable bonds is 6. The monoisotopic (exact) mass is 448 g/mol. The van der Waals surface area contributed by atoms with Gasteiger partial charge in [0.2, 0.25) is 0 Å². The molecule has 0 aliphatic rings. The molecule has 0 spiro atoms. The van der Waals surface area contributed by atoms with Gasteiger partial charge in [-0.1, -0.05) is 86.8 Å². The van der Waals surface area contributed by atoms with Crippen LogP contribution in [0.1, 0.15) is 35.1 Å². The van der Waals surface area contributed by atoms with Gasteiger partial charge in [-0.3, -0.25) is 0 Å². The Bertz CT molecular complexity index is 868.